The molecule has 0 fully saturated rings. The molecule has 0 amide bonds. The third kappa shape index (κ3) is 6.03. The van der Waals surface area contributed by atoms with Crippen LogP contribution in [-0.2, 0) is 6.16 Å². The molecule has 0 bridgehead atoms. The highest BCUT2D eigenvalue weighted by molar-refractivity contribution is 7.95. The second-order valence-electron chi connectivity index (χ2n) is 9.34. The van der Waals surface area contributed by atoms with Gasteiger partial charge in [0.25, 0.3) is 0 Å². The molecule has 0 atom stereocenters. The molecule has 0 spiro atoms. The van der Waals surface area contributed by atoms with Gasteiger partial charge in [-0.25, -0.2) is 0 Å². The molecule has 180 valence electrons. The van der Waals surface area contributed by atoms with E-state index in [9.17, 15) is 0 Å². The van der Waals surface area contributed by atoms with Crippen molar-refractivity contribution >= 4 is 28.9 Å². The minimum atomic E-state index is -1.86. The first-order valence-electron chi connectivity index (χ1n) is 13.2. The Kier molecular flexibility index (Phi) is 9.15. The number of anilines is 1. The molecule has 1 nitrogen and oxygen atoms in total. The number of nitrogens with zero attached hydrogens (tertiary/aromatic N) is 1. The highest BCUT2D eigenvalue weighted by Gasteiger charge is 2.45. The van der Waals surface area contributed by atoms with Crippen LogP contribution in [-0.4, -0.2) is 13.1 Å². The van der Waals surface area contributed by atoms with Crippen LogP contribution >= 0.6 is 7.26 Å². The molecule has 0 heterocycles. The van der Waals surface area contributed by atoms with Crippen molar-refractivity contribution in [1.82, 2.24) is 0 Å². The molecule has 4 aromatic carbocycles. The van der Waals surface area contributed by atoms with Gasteiger partial charge in [-0.2, -0.15) is 0 Å². The zero-order chi connectivity index (χ0) is 24.3. The number of rotatable bonds is 12. The van der Waals surface area contributed by atoms with Gasteiger partial charge in [0, 0.05) is 18.8 Å². The lowest BCUT2D eigenvalue weighted by atomic mass is 10.2. The average Bonchev–Trinajstić information content (AvgIpc) is 2.94. The van der Waals surface area contributed by atoms with Crippen molar-refractivity contribution in [3.05, 3.63) is 121 Å². The topological polar surface area (TPSA) is 3.24 Å². The summed E-state index contributed by atoms with van der Waals surface area (Å²) in [6.07, 6.45) is 5.99. The molecular weight excluding hydrogens is 441 g/mol. The van der Waals surface area contributed by atoms with Crippen LogP contribution in [0, 0.1) is 0 Å². The number of unbranched alkanes of at least 4 members (excludes halogenated alkanes) is 2. The second kappa shape index (κ2) is 12.7. The van der Waals surface area contributed by atoms with Crippen molar-refractivity contribution in [2.24, 2.45) is 0 Å². The maximum absolute atomic E-state index is 2.57. The molecule has 2 heteroatoms. The minimum Gasteiger partial charge on any atom is -0.372 e. The fourth-order valence-electron chi connectivity index (χ4n) is 4.92. The Morgan fingerprint density at radius 3 is 1.29 bits per heavy atom. The fraction of sp³-hybridized carbons (Fsp3) is 0.273. The smallest absolute Gasteiger partial charge is 0.116 e. The molecular formula is C33H39NP+. The third-order valence-electron chi connectivity index (χ3n) is 6.88. The normalized spacial score (nSPS) is 11.4. The summed E-state index contributed by atoms with van der Waals surface area (Å²) in [5.74, 6) is 0. The predicted molar refractivity (Wildman–Crippen MR) is 157 cm³/mol. The Labute approximate surface area is 213 Å². The molecule has 4 aromatic rings. The Morgan fingerprint density at radius 2 is 0.914 bits per heavy atom. The van der Waals surface area contributed by atoms with Crippen LogP contribution in [0.15, 0.2) is 115 Å². The summed E-state index contributed by atoms with van der Waals surface area (Å²) in [6, 6.07) is 43.0. The van der Waals surface area contributed by atoms with Crippen molar-refractivity contribution < 1.29 is 0 Å². The molecule has 0 saturated heterocycles. The van der Waals surface area contributed by atoms with E-state index in [0.29, 0.717) is 0 Å². The van der Waals surface area contributed by atoms with E-state index in [0.717, 1.165) is 19.3 Å². The van der Waals surface area contributed by atoms with E-state index in [2.05, 4.69) is 134 Å². The Balaban J connectivity index is 1.76. The quantitative estimate of drug-likeness (QED) is 0.189. The largest absolute Gasteiger partial charge is 0.372 e. The van der Waals surface area contributed by atoms with E-state index in [1.165, 1.54) is 52.8 Å². The van der Waals surface area contributed by atoms with Gasteiger partial charge < -0.3 is 4.90 Å². The van der Waals surface area contributed by atoms with Gasteiger partial charge in [0.2, 0.25) is 0 Å². The van der Waals surface area contributed by atoms with Crippen LogP contribution in [0.5, 0.6) is 0 Å². The van der Waals surface area contributed by atoms with E-state index in [4.69, 9.17) is 0 Å². The van der Waals surface area contributed by atoms with Gasteiger partial charge in [-0.05, 0) is 66.9 Å². The summed E-state index contributed by atoms with van der Waals surface area (Å²) in [6.45, 7) is 6.85. The van der Waals surface area contributed by atoms with E-state index < -0.39 is 7.26 Å². The summed E-state index contributed by atoms with van der Waals surface area (Å²) < 4.78 is 0. The fourth-order valence-corrected chi connectivity index (χ4v) is 9.17. The highest BCUT2D eigenvalue weighted by Crippen LogP contribution is 2.58. The predicted octanol–water partition coefficient (Wildman–Crippen LogP) is 7.59. The van der Waals surface area contributed by atoms with Crippen LogP contribution in [0.1, 0.15) is 45.1 Å². The van der Waals surface area contributed by atoms with Crippen LogP contribution in [0.4, 0.5) is 5.69 Å². The van der Waals surface area contributed by atoms with Gasteiger partial charge in [-0.15, -0.1) is 0 Å². The molecule has 0 aliphatic carbocycles. The van der Waals surface area contributed by atoms with Crippen LogP contribution in [0.2, 0.25) is 0 Å². The van der Waals surface area contributed by atoms with E-state index in [1.54, 1.807) is 0 Å². The van der Waals surface area contributed by atoms with E-state index in [-0.39, 0.29) is 0 Å². The van der Waals surface area contributed by atoms with Gasteiger partial charge in [0.05, 0.1) is 6.16 Å². The minimum absolute atomic E-state index is 1.02. The first kappa shape index (κ1) is 25.2. The Hall–Kier alpha value is -2.89. The summed E-state index contributed by atoms with van der Waals surface area (Å²) in [5, 5.41) is 4.32. The van der Waals surface area contributed by atoms with Gasteiger partial charge in [0.15, 0.2) is 0 Å². The first-order valence-corrected chi connectivity index (χ1v) is 15.1. The van der Waals surface area contributed by atoms with Gasteiger partial charge in [-0.1, -0.05) is 93.4 Å². The van der Waals surface area contributed by atoms with Crippen molar-refractivity contribution in [2.75, 3.05) is 18.0 Å². The molecule has 0 radical (unpaired) electrons. The van der Waals surface area contributed by atoms with E-state index >= 15 is 0 Å². The van der Waals surface area contributed by atoms with Crippen molar-refractivity contribution in [3.63, 3.8) is 0 Å². The number of hydrogen-bond acceptors (Lipinski definition) is 1. The number of benzene rings is 4. The third-order valence-corrected chi connectivity index (χ3v) is 11.3. The molecule has 4 rings (SSSR count). The summed E-state index contributed by atoms with van der Waals surface area (Å²) in [7, 11) is -1.86. The molecule has 0 saturated carbocycles. The summed E-state index contributed by atoms with van der Waals surface area (Å²) >= 11 is 0. The highest BCUT2D eigenvalue weighted by atomic mass is 31.2. The maximum atomic E-state index is 2.57. The SMILES string of the molecule is CCCCN(CCCC)c1ccc(C[P+](c2ccccc2)(c2ccccc2)c2ccccc2)cc1. The monoisotopic (exact) mass is 480 g/mol. The van der Waals surface area contributed by atoms with Gasteiger partial charge >= 0.3 is 0 Å². The lowest BCUT2D eigenvalue weighted by Crippen LogP contribution is -2.32. The van der Waals surface area contributed by atoms with Crippen LogP contribution < -0.4 is 20.8 Å². The summed E-state index contributed by atoms with van der Waals surface area (Å²) in [4.78, 5) is 2.57. The first-order chi connectivity index (χ1) is 17.3. The zero-order valence-corrected chi connectivity index (χ0v) is 22.2. The Bertz CT molecular complexity index is 1020. The maximum Gasteiger partial charge on any atom is 0.116 e. The summed E-state index contributed by atoms with van der Waals surface area (Å²) in [5.41, 5.74) is 2.77. The zero-order valence-electron chi connectivity index (χ0n) is 21.3. The lowest BCUT2D eigenvalue weighted by Gasteiger charge is -2.28. The van der Waals surface area contributed by atoms with Gasteiger partial charge in [0.1, 0.15) is 23.2 Å². The van der Waals surface area contributed by atoms with Crippen molar-refractivity contribution in [2.45, 2.75) is 45.7 Å². The Morgan fingerprint density at radius 1 is 0.514 bits per heavy atom. The van der Waals surface area contributed by atoms with Crippen LogP contribution in [0.3, 0.4) is 0 Å². The molecule has 0 aliphatic rings. The second-order valence-corrected chi connectivity index (χ2v) is 12.8. The molecule has 0 aromatic heterocycles. The molecule has 0 unspecified atom stereocenters. The lowest BCUT2D eigenvalue weighted by molar-refractivity contribution is 0.678. The number of hydrogen-bond donors (Lipinski definition) is 0. The molecule has 0 N–H and O–H groups in total. The van der Waals surface area contributed by atoms with Crippen molar-refractivity contribution in [3.8, 4) is 0 Å². The standard InChI is InChI=1S/C33H39NP/c1-3-5-26-34(27-6-4-2)30-24-22-29(23-25-30)28-35(31-16-10-7-11-17-31,32-18-12-8-13-19-32)33-20-14-9-15-21-33/h7-25H,3-6,26-28H2,1-2H3/q+1. The molecule has 35 heavy (non-hydrogen) atoms. The molecule has 0 aliphatic heterocycles. The van der Waals surface area contributed by atoms with Crippen LogP contribution in [0.25, 0.3) is 0 Å². The van der Waals surface area contributed by atoms with Gasteiger partial charge in [-0.3, -0.25) is 0 Å². The average molecular weight is 481 g/mol. The van der Waals surface area contributed by atoms with Crippen molar-refractivity contribution in [1.29, 1.82) is 0 Å². The van der Waals surface area contributed by atoms with E-state index in [1.807, 2.05) is 0 Å².